The summed E-state index contributed by atoms with van der Waals surface area (Å²) in [4.78, 5) is 29.5. The van der Waals surface area contributed by atoms with Gasteiger partial charge in [-0.25, -0.2) is 4.98 Å². The molecule has 0 saturated carbocycles. The lowest BCUT2D eigenvalue weighted by Gasteiger charge is -2.19. The number of rotatable bonds is 7. The van der Waals surface area contributed by atoms with Gasteiger partial charge in [0.15, 0.2) is 0 Å². The van der Waals surface area contributed by atoms with Crippen molar-refractivity contribution in [1.29, 1.82) is 0 Å². The lowest BCUT2D eigenvalue weighted by molar-refractivity contribution is -0.384. The molecule has 3 rings (SSSR count). The molecule has 2 heterocycles. The number of hydrogen-bond acceptors (Lipinski definition) is 6. The fraction of sp³-hybridized carbons (Fsp3) is 0.333. The van der Waals surface area contributed by atoms with Gasteiger partial charge in [-0.1, -0.05) is 12.1 Å². The van der Waals surface area contributed by atoms with Crippen LogP contribution >= 0.6 is 0 Å². The van der Waals surface area contributed by atoms with Crippen LogP contribution in [0.5, 0.6) is 0 Å². The molecule has 136 valence electrons. The Morgan fingerprint density at radius 1 is 1.15 bits per heavy atom. The van der Waals surface area contributed by atoms with Gasteiger partial charge < -0.3 is 15.5 Å². The molecule has 1 amide bonds. The third-order valence-electron chi connectivity index (χ3n) is 4.26. The summed E-state index contributed by atoms with van der Waals surface area (Å²) in [6.45, 7) is 2.56. The summed E-state index contributed by atoms with van der Waals surface area (Å²) in [6, 6.07) is 9.95. The minimum Gasteiger partial charge on any atom is -0.378 e. The molecule has 0 spiro atoms. The summed E-state index contributed by atoms with van der Waals surface area (Å²) in [6.07, 6.45) is 3.91. The number of amides is 1. The maximum atomic E-state index is 12.5. The minimum absolute atomic E-state index is 0.0161. The first-order valence-electron chi connectivity index (χ1n) is 8.62. The average Bonchev–Trinajstić information content (AvgIpc) is 3.20. The molecule has 1 aliphatic heterocycles. The second-order valence-corrected chi connectivity index (χ2v) is 6.03. The zero-order valence-corrected chi connectivity index (χ0v) is 14.4. The van der Waals surface area contributed by atoms with E-state index < -0.39 is 4.92 Å². The molecule has 2 N–H and O–H groups in total. The summed E-state index contributed by atoms with van der Waals surface area (Å²) in [5, 5.41) is 16.8. The highest BCUT2D eigenvalue weighted by Gasteiger charge is 2.20. The Bertz CT molecular complexity index is 790. The van der Waals surface area contributed by atoms with Crippen molar-refractivity contribution in [3.05, 3.63) is 58.3 Å². The van der Waals surface area contributed by atoms with Crippen LogP contribution in [0.15, 0.2) is 42.6 Å². The lowest BCUT2D eigenvalue weighted by atomic mass is 10.2. The molecule has 0 radical (unpaired) electrons. The van der Waals surface area contributed by atoms with Crippen molar-refractivity contribution < 1.29 is 9.72 Å². The fourth-order valence-corrected chi connectivity index (χ4v) is 3.01. The summed E-state index contributed by atoms with van der Waals surface area (Å²) in [5.41, 5.74) is 1.01. The number of carbonyl (C=O) groups excluding carboxylic acids is 1. The molecule has 1 aliphatic rings. The zero-order valence-electron chi connectivity index (χ0n) is 14.4. The first-order valence-corrected chi connectivity index (χ1v) is 8.62. The van der Waals surface area contributed by atoms with Gasteiger partial charge in [0.2, 0.25) is 0 Å². The van der Waals surface area contributed by atoms with Crippen molar-refractivity contribution >= 4 is 23.1 Å². The van der Waals surface area contributed by atoms with Crippen molar-refractivity contribution in [2.24, 2.45) is 0 Å². The number of nitro groups is 1. The molecule has 0 bridgehead atoms. The number of pyridine rings is 1. The van der Waals surface area contributed by atoms with Gasteiger partial charge in [0, 0.05) is 38.4 Å². The molecule has 1 saturated heterocycles. The van der Waals surface area contributed by atoms with Gasteiger partial charge in [-0.15, -0.1) is 0 Å². The normalized spacial score (nSPS) is 13.5. The molecular weight excluding hydrogens is 334 g/mol. The van der Waals surface area contributed by atoms with E-state index in [1.165, 1.54) is 6.07 Å². The van der Waals surface area contributed by atoms with E-state index in [0.29, 0.717) is 30.2 Å². The number of nitrogens with one attached hydrogen (secondary N) is 2. The van der Waals surface area contributed by atoms with Crippen molar-refractivity contribution in [3.63, 3.8) is 0 Å². The lowest BCUT2D eigenvalue weighted by Crippen LogP contribution is -2.31. The van der Waals surface area contributed by atoms with E-state index in [1.54, 1.807) is 36.5 Å². The van der Waals surface area contributed by atoms with E-state index in [-0.39, 0.29) is 11.6 Å². The largest absolute Gasteiger partial charge is 0.378 e. The molecule has 1 aromatic heterocycles. The van der Waals surface area contributed by atoms with Gasteiger partial charge in [-0.2, -0.15) is 0 Å². The summed E-state index contributed by atoms with van der Waals surface area (Å²) >= 11 is 0. The van der Waals surface area contributed by atoms with Gasteiger partial charge >= 0.3 is 0 Å². The highest BCUT2D eigenvalue weighted by Crippen LogP contribution is 2.23. The number of nitrogens with zero attached hydrogens (tertiary/aromatic N) is 3. The molecular formula is C18H21N5O3. The van der Waals surface area contributed by atoms with E-state index in [0.717, 1.165) is 25.9 Å². The summed E-state index contributed by atoms with van der Waals surface area (Å²) in [5.74, 6) is 0.526. The van der Waals surface area contributed by atoms with Gasteiger partial charge in [-0.05, 0) is 31.0 Å². The highest BCUT2D eigenvalue weighted by molar-refractivity contribution is 5.98. The summed E-state index contributed by atoms with van der Waals surface area (Å²) < 4.78 is 0. The van der Waals surface area contributed by atoms with Gasteiger partial charge in [0.25, 0.3) is 11.6 Å². The van der Waals surface area contributed by atoms with E-state index in [9.17, 15) is 14.9 Å². The number of nitro benzene ring substituents is 1. The predicted molar refractivity (Wildman–Crippen MR) is 99.6 cm³/mol. The Kier molecular flexibility index (Phi) is 5.62. The fourth-order valence-electron chi connectivity index (χ4n) is 3.01. The number of aromatic nitrogens is 1. The van der Waals surface area contributed by atoms with Crippen molar-refractivity contribution in [2.45, 2.75) is 12.8 Å². The van der Waals surface area contributed by atoms with E-state index in [1.807, 2.05) is 0 Å². The Hall–Kier alpha value is -3.16. The van der Waals surface area contributed by atoms with Crippen LogP contribution in [0.2, 0.25) is 0 Å². The van der Waals surface area contributed by atoms with Crippen LogP contribution in [0.4, 0.5) is 17.2 Å². The standard InChI is InChI=1S/C18H21N5O3/c24-18(14-6-5-9-20-17(14)22-12-3-4-13-22)21-11-10-19-15-7-1-2-8-16(15)23(25)26/h1-2,5-9,19H,3-4,10-13H2,(H,21,24). The van der Waals surface area contributed by atoms with Crippen molar-refractivity contribution in [2.75, 3.05) is 36.4 Å². The summed E-state index contributed by atoms with van der Waals surface area (Å²) in [7, 11) is 0. The minimum atomic E-state index is -0.432. The molecule has 0 aliphatic carbocycles. The van der Waals surface area contributed by atoms with Crippen LogP contribution in [-0.2, 0) is 0 Å². The second-order valence-electron chi connectivity index (χ2n) is 6.03. The SMILES string of the molecule is O=C(NCCNc1ccccc1[N+](=O)[O-])c1cccnc1N1CCCC1. The van der Waals surface area contributed by atoms with Gasteiger partial charge in [0.05, 0.1) is 10.5 Å². The molecule has 0 atom stereocenters. The molecule has 2 aromatic rings. The predicted octanol–water partition coefficient (Wildman–Crippen LogP) is 2.43. The van der Waals surface area contributed by atoms with Crippen LogP contribution in [-0.4, -0.2) is 42.0 Å². The second kappa shape index (κ2) is 8.28. The first-order chi connectivity index (χ1) is 12.7. The quantitative estimate of drug-likeness (QED) is 0.449. The maximum Gasteiger partial charge on any atom is 0.292 e. The number of para-hydroxylation sites is 2. The Morgan fingerprint density at radius 3 is 2.69 bits per heavy atom. The van der Waals surface area contributed by atoms with E-state index in [2.05, 4.69) is 20.5 Å². The highest BCUT2D eigenvalue weighted by atomic mass is 16.6. The third kappa shape index (κ3) is 4.08. The Morgan fingerprint density at radius 2 is 1.92 bits per heavy atom. The molecule has 8 nitrogen and oxygen atoms in total. The topological polar surface area (TPSA) is 100 Å². The molecule has 1 fully saturated rings. The Labute approximate surface area is 151 Å². The molecule has 1 aromatic carbocycles. The van der Waals surface area contributed by atoms with Crippen LogP contribution < -0.4 is 15.5 Å². The van der Waals surface area contributed by atoms with Gasteiger partial charge in [-0.3, -0.25) is 14.9 Å². The van der Waals surface area contributed by atoms with E-state index in [4.69, 9.17) is 0 Å². The molecule has 8 heteroatoms. The first kappa shape index (κ1) is 17.7. The molecule has 26 heavy (non-hydrogen) atoms. The molecule has 0 unspecified atom stereocenters. The number of anilines is 2. The van der Waals surface area contributed by atoms with Crippen molar-refractivity contribution in [3.8, 4) is 0 Å². The van der Waals surface area contributed by atoms with Gasteiger partial charge in [0.1, 0.15) is 11.5 Å². The monoisotopic (exact) mass is 355 g/mol. The van der Waals surface area contributed by atoms with Crippen molar-refractivity contribution in [1.82, 2.24) is 10.3 Å². The van der Waals surface area contributed by atoms with Crippen LogP contribution in [0.25, 0.3) is 0 Å². The van der Waals surface area contributed by atoms with E-state index >= 15 is 0 Å². The smallest absolute Gasteiger partial charge is 0.292 e. The number of carbonyl (C=O) groups is 1. The average molecular weight is 355 g/mol. The zero-order chi connectivity index (χ0) is 18.4. The van der Waals surface area contributed by atoms with Crippen LogP contribution in [0.1, 0.15) is 23.2 Å². The van der Waals surface area contributed by atoms with Crippen LogP contribution in [0, 0.1) is 10.1 Å². The number of benzene rings is 1. The Balaban J connectivity index is 1.56. The maximum absolute atomic E-state index is 12.5. The third-order valence-corrected chi connectivity index (χ3v) is 4.26. The number of hydrogen-bond donors (Lipinski definition) is 2. The van der Waals surface area contributed by atoms with Crippen LogP contribution in [0.3, 0.4) is 0 Å².